The van der Waals surface area contributed by atoms with Crippen molar-refractivity contribution in [2.24, 2.45) is 5.92 Å². The van der Waals surface area contributed by atoms with Crippen molar-refractivity contribution >= 4 is 5.91 Å². The van der Waals surface area contributed by atoms with E-state index in [1.165, 1.54) is 31.4 Å². The number of aromatic nitrogens is 2. The van der Waals surface area contributed by atoms with E-state index in [1.807, 2.05) is 18.2 Å². The summed E-state index contributed by atoms with van der Waals surface area (Å²) < 4.78 is 0. The first-order valence-electron chi connectivity index (χ1n) is 8.84. The van der Waals surface area contributed by atoms with Crippen LogP contribution in [0.15, 0.2) is 30.3 Å². The number of likely N-dealkylation sites (tertiary alicyclic amines) is 1. The molecule has 4 rings (SSSR count). The Kier molecular flexibility index (Phi) is 4.10. The second-order valence-electron chi connectivity index (χ2n) is 7.12. The maximum Gasteiger partial charge on any atom is 0.269 e. The third-order valence-electron chi connectivity index (χ3n) is 5.10. The third-order valence-corrected chi connectivity index (χ3v) is 5.10. The van der Waals surface area contributed by atoms with Crippen molar-refractivity contribution in [2.45, 2.75) is 32.2 Å². The molecule has 2 aliphatic rings. The number of nitrogens with zero attached hydrogens (tertiary/aromatic N) is 2. The normalized spacial score (nSPS) is 21.1. The van der Waals surface area contributed by atoms with Gasteiger partial charge >= 0.3 is 0 Å². The number of hydrogen-bond donors (Lipinski definition) is 2. The number of rotatable bonds is 5. The Balaban J connectivity index is 1.32. The first-order valence-corrected chi connectivity index (χ1v) is 8.84. The number of aromatic amines is 1. The van der Waals surface area contributed by atoms with Crippen molar-refractivity contribution < 1.29 is 4.79 Å². The molecular formula is C19H24N4O. The van der Waals surface area contributed by atoms with Crippen LogP contribution in [0.2, 0.25) is 0 Å². The molecule has 1 atom stereocenters. The largest absolute Gasteiger partial charge is 0.350 e. The van der Waals surface area contributed by atoms with Crippen LogP contribution >= 0.6 is 0 Å². The summed E-state index contributed by atoms with van der Waals surface area (Å²) in [7, 11) is 0. The lowest BCUT2D eigenvalue weighted by atomic mass is 10.1. The number of hydrogen-bond acceptors (Lipinski definition) is 3. The first kappa shape index (κ1) is 15.4. The monoisotopic (exact) mass is 324 g/mol. The van der Waals surface area contributed by atoms with Gasteiger partial charge in [-0.25, -0.2) is 0 Å². The molecule has 2 aromatic rings. The zero-order chi connectivity index (χ0) is 16.5. The Hall–Kier alpha value is -2.14. The van der Waals surface area contributed by atoms with Gasteiger partial charge in [-0.05, 0) is 44.7 Å². The quantitative estimate of drug-likeness (QED) is 0.889. The molecule has 2 fully saturated rings. The zero-order valence-corrected chi connectivity index (χ0v) is 14.1. The number of H-pyrrole nitrogens is 1. The van der Waals surface area contributed by atoms with E-state index in [4.69, 9.17) is 0 Å². The summed E-state index contributed by atoms with van der Waals surface area (Å²) in [6, 6.07) is 10.8. The summed E-state index contributed by atoms with van der Waals surface area (Å²) in [6.07, 6.45) is 3.90. The molecular weight excluding hydrogens is 300 g/mol. The van der Waals surface area contributed by atoms with Crippen LogP contribution in [0.5, 0.6) is 0 Å². The Morgan fingerprint density at radius 2 is 2.08 bits per heavy atom. The molecule has 126 valence electrons. The van der Waals surface area contributed by atoms with Crippen molar-refractivity contribution in [1.82, 2.24) is 20.4 Å². The van der Waals surface area contributed by atoms with Gasteiger partial charge in [0.25, 0.3) is 5.91 Å². The van der Waals surface area contributed by atoms with Crippen molar-refractivity contribution in [3.8, 4) is 11.3 Å². The van der Waals surface area contributed by atoms with Gasteiger partial charge in [-0.2, -0.15) is 5.10 Å². The summed E-state index contributed by atoms with van der Waals surface area (Å²) in [6.45, 7) is 5.12. The number of carbonyl (C=O) groups excluding carboxylic acids is 1. The number of carbonyl (C=O) groups is 1. The van der Waals surface area contributed by atoms with Crippen molar-refractivity contribution in [2.75, 3.05) is 19.6 Å². The summed E-state index contributed by atoms with van der Waals surface area (Å²) in [5.74, 6) is 0.514. The molecule has 5 nitrogen and oxygen atoms in total. The molecule has 5 heteroatoms. The van der Waals surface area contributed by atoms with Gasteiger partial charge in [0.1, 0.15) is 5.69 Å². The van der Waals surface area contributed by atoms with Crippen LogP contribution < -0.4 is 5.32 Å². The van der Waals surface area contributed by atoms with E-state index in [0.29, 0.717) is 11.6 Å². The highest BCUT2D eigenvalue weighted by atomic mass is 16.1. The van der Waals surface area contributed by atoms with E-state index in [2.05, 4.69) is 39.5 Å². The summed E-state index contributed by atoms with van der Waals surface area (Å²) in [4.78, 5) is 14.9. The van der Waals surface area contributed by atoms with Crippen LogP contribution in [0.3, 0.4) is 0 Å². The Labute approximate surface area is 142 Å². The highest BCUT2D eigenvalue weighted by Crippen LogP contribution is 2.31. The van der Waals surface area contributed by atoms with E-state index in [9.17, 15) is 4.79 Å². The second-order valence-corrected chi connectivity index (χ2v) is 7.12. The summed E-state index contributed by atoms with van der Waals surface area (Å²) in [5.41, 5.74) is 3.57. The van der Waals surface area contributed by atoms with Crippen molar-refractivity contribution in [3.63, 3.8) is 0 Å². The smallest absolute Gasteiger partial charge is 0.269 e. The average molecular weight is 324 g/mol. The summed E-state index contributed by atoms with van der Waals surface area (Å²) >= 11 is 0. The predicted molar refractivity (Wildman–Crippen MR) is 93.8 cm³/mol. The molecule has 1 aromatic carbocycles. The van der Waals surface area contributed by atoms with Gasteiger partial charge in [0, 0.05) is 24.7 Å². The van der Waals surface area contributed by atoms with Gasteiger partial charge in [-0.3, -0.25) is 9.89 Å². The molecule has 1 saturated heterocycles. The van der Waals surface area contributed by atoms with Crippen molar-refractivity contribution in [3.05, 3.63) is 41.6 Å². The van der Waals surface area contributed by atoms with Crippen LogP contribution in [0.1, 0.15) is 35.3 Å². The zero-order valence-electron chi connectivity index (χ0n) is 14.1. The third kappa shape index (κ3) is 3.36. The Bertz CT molecular complexity index is 717. The van der Waals surface area contributed by atoms with E-state index in [1.54, 1.807) is 0 Å². The summed E-state index contributed by atoms with van der Waals surface area (Å²) in [5, 5.41) is 10.2. The molecule has 2 heterocycles. The van der Waals surface area contributed by atoms with Gasteiger partial charge in [0.15, 0.2) is 0 Å². The molecule has 0 radical (unpaired) electrons. The minimum absolute atomic E-state index is 0.0641. The fourth-order valence-electron chi connectivity index (χ4n) is 3.44. The topological polar surface area (TPSA) is 61.0 Å². The number of nitrogens with one attached hydrogen (secondary N) is 2. The first-order chi connectivity index (χ1) is 11.7. The molecule has 2 N–H and O–H groups in total. The highest BCUT2D eigenvalue weighted by Gasteiger charge is 2.34. The maximum absolute atomic E-state index is 12.3. The molecule has 0 spiro atoms. The van der Waals surface area contributed by atoms with Gasteiger partial charge in [-0.15, -0.1) is 0 Å². The van der Waals surface area contributed by atoms with E-state index in [0.717, 1.165) is 30.4 Å². The predicted octanol–water partition coefficient (Wildman–Crippen LogP) is 2.60. The van der Waals surface area contributed by atoms with Gasteiger partial charge in [-0.1, -0.05) is 29.8 Å². The minimum Gasteiger partial charge on any atom is -0.350 e. The van der Waals surface area contributed by atoms with Crippen LogP contribution in [-0.4, -0.2) is 46.7 Å². The molecule has 24 heavy (non-hydrogen) atoms. The fraction of sp³-hybridized carbons (Fsp3) is 0.474. The molecule has 1 saturated carbocycles. The second kappa shape index (κ2) is 6.40. The van der Waals surface area contributed by atoms with Gasteiger partial charge < -0.3 is 10.2 Å². The molecule has 0 bridgehead atoms. The Morgan fingerprint density at radius 1 is 1.29 bits per heavy atom. The number of benzene rings is 1. The van der Waals surface area contributed by atoms with E-state index < -0.39 is 0 Å². The molecule has 1 unspecified atom stereocenters. The standard InChI is InChI=1S/C19H24N4O/c1-13-2-4-15(5-3-13)17-10-18(22-21-17)19(24)20-11-14-8-9-23(12-14)16-6-7-16/h2-5,10,14,16H,6-9,11-12H2,1H3,(H,20,24)(H,21,22). The van der Waals surface area contributed by atoms with Crippen molar-refractivity contribution in [1.29, 1.82) is 0 Å². The number of amides is 1. The average Bonchev–Trinajstić information content (AvgIpc) is 3.13. The highest BCUT2D eigenvalue weighted by molar-refractivity contribution is 5.93. The van der Waals surface area contributed by atoms with E-state index >= 15 is 0 Å². The lowest BCUT2D eigenvalue weighted by Crippen LogP contribution is -2.31. The van der Waals surface area contributed by atoms with Crippen LogP contribution in [-0.2, 0) is 0 Å². The fourth-order valence-corrected chi connectivity index (χ4v) is 3.44. The van der Waals surface area contributed by atoms with Crippen LogP contribution in [0.25, 0.3) is 11.3 Å². The molecule has 1 aliphatic carbocycles. The number of aryl methyl sites for hydroxylation is 1. The molecule has 1 aliphatic heterocycles. The molecule has 1 aromatic heterocycles. The van der Waals surface area contributed by atoms with Gasteiger partial charge in [0.2, 0.25) is 0 Å². The SMILES string of the molecule is Cc1ccc(-c2cc(C(=O)NCC3CCN(C4CC4)C3)[nH]n2)cc1. The van der Waals surface area contributed by atoms with E-state index in [-0.39, 0.29) is 5.91 Å². The lowest BCUT2D eigenvalue weighted by molar-refractivity contribution is 0.0942. The maximum atomic E-state index is 12.3. The lowest BCUT2D eigenvalue weighted by Gasteiger charge is -2.14. The van der Waals surface area contributed by atoms with Gasteiger partial charge in [0.05, 0.1) is 5.69 Å². The van der Waals surface area contributed by atoms with Crippen LogP contribution in [0.4, 0.5) is 0 Å². The minimum atomic E-state index is -0.0641. The van der Waals surface area contributed by atoms with Crippen LogP contribution in [0, 0.1) is 12.8 Å². The Morgan fingerprint density at radius 3 is 2.83 bits per heavy atom. The molecule has 1 amide bonds.